The van der Waals surface area contributed by atoms with E-state index in [1.54, 1.807) is 30.3 Å². The minimum absolute atomic E-state index is 0.0517. The number of fused-ring (bicyclic) bond motifs is 1. The Kier molecular flexibility index (Phi) is 6.55. The average Bonchev–Trinajstić information content (AvgIpc) is 3.33. The van der Waals surface area contributed by atoms with Gasteiger partial charge in [0.15, 0.2) is 17.7 Å². The van der Waals surface area contributed by atoms with Crippen molar-refractivity contribution in [1.29, 1.82) is 0 Å². The highest BCUT2D eigenvalue weighted by molar-refractivity contribution is 6.67. The Labute approximate surface area is 196 Å². The minimum Gasteiger partial charge on any atom is -0.479 e. The number of benzene rings is 1. The number of carbonyl (C=O) groups is 2. The number of aromatic nitrogens is 2. The summed E-state index contributed by atoms with van der Waals surface area (Å²) in [7, 11) is 0. The molecule has 6 N–H and O–H groups in total. The molecule has 34 heavy (non-hydrogen) atoms. The molecule has 1 fully saturated rings. The smallest absolute Gasteiger partial charge is 0.348 e. The molecule has 1 saturated heterocycles. The number of carboxylic acids is 2. The number of anilines is 1. The van der Waals surface area contributed by atoms with E-state index in [0.717, 1.165) is 0 Å². The van der Waals surface area contributed by atoms with Crippen LogP contribution in [0.5, 0.6) is 0 Å². The van der Waals surface area contributed by atoms with Crippen molar-refractivity contribution in [3.63, 3.8) is 0 Å². The first-order chi connectivity index (χ1) is 16.1. The lowest BCUT2D eigenvalue weighted by Crippen LogP contribution is -2.52. The van der Waals surface area contributed by atoms with Gasteiger partial charge in [0.05, 0.1) is 12.9 Å². The van der Waals surface area contributed by atoms with Gasteiger partial charge in [-0.05, 0) is 17.2 Å². The van der Waals surface area contributed by atoms with Gasteiger partial charge < -0.3 is 35.8 Å². The van der Waals surface area contributed by atoms with Crippen molar-refractivity contribution < 1.29 is 38.8 Å². The van der Waals surface area contributed by atoms with Gasteiger partial charge in [0.25, 0.3) is 5.60 Å². The maximum Gasteiger partial charge on any atom is 0.348 e. The molecule has 1 aromatic carbocycles. The summed E-state index contributed by atoms with van der Waals surface area (Å²) >= 11 is 5.90. The molecule has 14 heteroatoms. The van der Waals surface area contributed by atoms with Crippen LogP contribution >= 0.6 is 11.6 Å². The topological polar surface area (TPSA) is 182 Å². The number of imidazole rings is 1. The highest BCUT2D eigenvalue weighted by atomic mass is 35.5. The SMILES string of the molecule is NC1N=C(Cl)Nc2c1ncn2[C@@H]1O[C@H](COC(Cc2ccccc2)(C(=O)O)C(=O)O)[C@@H](O)[C@@H]1F. The van der Waals surface area contributed by atoms with Crippen LogP contribution in [0.4, 0.5) is 10.2 Å². The lowest BCUT2D eigenvalue weighted by atomic mass is 9.94. The summed E-state index contributed by atoms with van der Waals surface area (Å²) in [6, 6.07) is 8.02. The maximum atomic E-state index is 15.0. The number of halogens is 2. The van der Waals surface area contributed by atoms with Gasteiger partial charge in [-0.25, -0.2) is 24.0 Å². The fourth-order valence-corrected chi connectivity index (χ4v) is 4.01. The highest BCUT2D eigenvalue weighted by Crippen LogP contribution is 2.37. The van der Waals surface area contributed by atoms with E-state index < -0.39 is 61.3 Å². The molecule has 3 heterocycles. The summed E-state index contributed by atoms with van der Waals surface area (Å²) in [5.74, 6) is -3.29. The van der Waals surface area contributed by atoms with Crippen LogP contribution in [0.2, 0.25) is 0 Å². The molecule has 12 nitrogen and oxygen atoms in total. The number of aliphatic hydroxyl groups excluding tert-OH is 1. The van der Waals surface area contributed by atoms with Crippen LogP contribution in [-0.2, 0) is 25.5 Å². The van der Waals surface area contributed by atoms with E-state index in [1.807, 2.05) is 0 Å². The number of ether oxygens (including phenoxy) is 2. The molecule has 2 aromatic rings. The zero-order valence-electron chi connectivity index (χ0n) is 17.4. The van der Waals surface area contributed by atoms with Crippen molar-refractivity contribution in [1.82, 2.24) is 9.55 Å². The summed E-state index contributed by atoms with van der Waals surface area (Å²) in [6.45, 7) is -0.713. The van der Waals surface area contributed by atoms with Crippen LogP contribution in [-0.4, -0.2) is 72.7 Å². The fourth-order valence-electron chi connectivity index (χ4n) is 3.82. The molecule has 0 radical (unpaired) electrons. The van der Waals surface area contributed by atoms with Gasteiger partial charge in [0.1, 0.15) is 29.9 Å². The van der Waals surface area contributed by atoms with E-state index in [2.05, 4.69) is 15.3 Å². The fraction of sp³-hybridized carbons (Fsp3) is 0.400. The third-order valence-electron chi connectivity index (χ3n) is 5.62. The van der Waals surface area contributed by atoms with Crippen LogP contribution < -0.4 is 11.1 Å². The molecule has 0 bridgehead atoms. The second-order valence-corrected chi connectivity index (χ2v) is 8.14. The number of aliphatic hydroxyl groups is 1. The number of aliphatic carboxylic acids is 2. The summed E-state index contributed by atoms with van der Waals surface area (Å²) in [5, 5.41) is 32.4. The van der Waals surface area contributed by atoms with Crippen molar-refractivity contribution in [2.45, 2.75) is 42.8 Å². The van der Waals surface area contributed by atoms with Crippen molar-refractivity contribution in [3.8, 4) is 0 Å². The first-order valence-electron chi connectivity index (χ1n) is 10.1. The first-order valence-corrected chi connectivity index (χ1v) is 10.5. The predicted molar refractivity (Wildman–Crippen MR) is 115 cm³/mol. The lowest BCUT2D eigenvalue weighted by Gasteiger charge is -2.27. The number of nitrogens with zero attached hydrogens (tertiary/aromatic N) is 3. The number of carboxylic acid groups (broad SMARTS) is 2. The summed E-state index contributed by atoms with van der Waals surface area (Å²) < 4.78 is 27.2. The van der Waals surface area contributed by atoms with Gasteiger partial charge >= 0.3 is 11.9 Å². The Balaban J connectivity index is 1.53. The third kappa shape index (κ3) is 4.23. The van der Waals surface area contributed by atoms with Gasteiger partial charge in [0.2, 0.25) is 0 Å². The Morgan fingerprint density at radius 2 is 1.97 bits per heavy atom. The number of alkyl halides is 1. The molecule has 2 aliphatic heterocycles. The molecule has 0 aliphatic carbocycles. The zero-order chi connectivity index (χ0) is 24.6. The van der Waals surface area contributed by atoms with Crippen molar-refractivity contribution >= 4 is 34.7 Å². The number of aliphatic imine (C=N–C) groups is 1. The molecule has 0 saturated carbocycles. The van der Waals surface area contributed by atoms with Crippen molar-refractivity contribution in [2.75, 3.05) is 11.9 Å². The molecule has 0 amide bonds. The van der Waals surface area contributed by atoms with Crippen LogP contribution in [0, 0.1) is 0 Å². The van der Waals surface area contributed by atoms with Crippen LogP contribution in [0.15, 0.2) is 41.7 Å². The maximum absolute atomic E-state index is 15.0. The number of hydrogen-bond acceptors (Lipinski definition) is 9. The van der Waals surface area contributed by atoms with Crippen molar-refractivity contribution in [2.24, 2.45) is 10.7 Å². The standard InChI is InChI=1S/C20H21ClFN5O7/c21-19-25-14(23)12-15(26-19)27(8-24-12)16-11(22)13(28)10(34-16)7-33-20(17(29)30,18(31)32)6-9-4-2-1-3-5-9/h1-5,8,10-11,13-14,16,28H,6-7,23H2,(H,25,26)(H,29,30)(H,31,32)/t10-,11+,13-,14?,16-/m1/s1. The Morgan fingerprint density at radius 3 is 2.62 bits per heavy atom. The first kappa shape index (κ1) is 24.0. The van der Waals surface area contributed by atoms with E-state index in [9.17, 15) is 24.9 Å². The molecule has 5 atom stereocenters. The molecule has 1 aromatic heterocycles. The summed E-state index contributed by atoms with van der Waals surface area (Å²) in [6.07, 6.45) is -6.68. The number of amidine groups is 1. The highest BCUT2D eigenvalue weighted by Gasteiger charge is 2.52. The molecule has 4 rings (SSSR count). The number of nitrogens with one attached hydrogen (secondary N) is 1. The van der Waals surface area contributed by atoms with Crippen LogP contribution in [0.1, 0.15) is 23.7 Å². The van der Waals surface area contributed by atoms with E-state index in [-0.39, 0.29) is 16.8 Å². The minimum atomic E-state index is -2.68. The van der Waals surface area contributed by atoms with Gasteiger partial charge in [-0.15, -0.1) is 0 Å². The van der Waals surface area contributed by atoms with Crippen molar-refractivity contribution in [3.05, 3.63) is 47.9 Å². The van der Waals surface area contributed by atoms with Gasteiger partial charge in [0, 0.05) is 6.42 Å². The van der Waals surface area contributed by atoms with Crippen LogP contribution in [0.3, 0.4) is 0 Å². The van der Waals surface area contributed by atoms with Gasteiger partial charge in [-0.3, -0.25) is 4.57 Å². The number of hydrogen-bond donors (Lipinski definition) is 5. The van der Waals surface area contributed by atoms with E-state index in [1.165, 1.54) is 10.9 Å². The molecule has 182 valence electrons. The second-order valence-electron chi connectivity index (χ2n) is 7.79. The Morgan fingerprint density at radius 1 is 1.29 bits per heavy atom. The monoisotopic (exact) mass is 497 g/mol. The second kappa shape index (κ2) is 9.27. The van der Waals surface area contributed by atoms with Crippen LogP contribution in [0.25, 0.3) is 0 Å². The average molecular weight is 498 g/mol. The lowest BCUT2D eigenvalue weighted by molar-refractivity contribution is -0.190. The molecular formula is C20H21ClFN5O7. The normalized spacial score (nSPS) is 26.5. The molecular weight excluding hydrogens is 477 g/mol. The van der Waals surface area contributed by atoms with Gasteiger partial charge in [-0.1, -0.05) is 30.3 Å². The number of rotatable bonds is 8. The number of nitrogens with two attached hydrogens (primary N) is 1. The Hall–Kier alpha value is -3.10. The van der Waals surface area contributed by atoms with Gasteiger partial charge in [-0.2, -0.15) is 0 Å². The summed E-state index contributed by atoms with van der Waals surface area (Å²) in [4.78, 5) is 31.9. The molecule has 2 aliphatic rings. The van der Waals surface area contributed by atoms with E-state index in [4.69, 9.17) is 26.8 Å². The molecule has 1 unspecified atom stereocenters. The Bertz CT molecular complexity index is 1100. The van der Waals surface area contributed by atoms with E-state index in [0.29, 0.717) is 5.56 Å². The summed E-state index contributed by atoms with van der Waals surface area (Å²) in [5.41, 5.74) is 3.84. The third-order valence-corrected chi connectivity index (χ3v) is 5.82. The van der Waals surface area contributed by atoms with E-state index >= 15 is 4.39 Å². The molecule has 0 spiro atoms. The zero-order valence-corrected chi connectivity index (χ0v) is 18.2. The predicted octanol–water partition coefficient (Wildman–Crippen LogP) is 0.624. The quantitative estimate of drug-likeness (QED) is 0.256. The largest absolute Gasteiger partial charge is 0.479 e.